The van der Waals surface area contributed by atoms with Gasteiger partial charge in [0.25, 0.3) is 0 Å². The van der Waals surface area contributed by atoms with Gasteiger partial charge in [0.2, 0.25) is 11.8 Å². The van der Waals surface area contributed by atoms with Gasteiger partial charge < -0.3 is 16.4 Å². The fourth-order valence-corrected chi connectivity index (χ4v) is 1.29. The second-order valence-corrected chi connectivity index (χ2v) is 4.85. The van der Waals surface area contributed by atoms with E-state index in [1.54, 1.807) is 0 Å². The van der Waals surface area contributed by atoms with E-state index in [1.165, 1.54) is 0 Å². The van der Waals surface area contributed by atoms with Crippen molar-refractivity contribution in [3.63, 3.8) is 0 Å². The summed E-state index contributed by atoms with van der Waals surface area (Å²) in [5.41, 5.74) is 5.23. The first-order valence-corrected chi connectivity index (χ1v) is 6.13. The molecule has 0 aliphatic heterocycles. The molecule has 4 N–H and O–H groups in total. The summed E-state index contributed by atoms with van der Waals surface area (Å²) in [6, 6.07) is 0. The third kappa shape index (κ3) is 5.68. The van der Waals surface area contributed by atoms with Crippen molar-refractivity contribution < 1.29 is 9.59 Å². The van der Waals surface area contributed by atoms with Crippen molar-refractivity contribution >= 4 is 11.8 Å². The number of hydrogen-bond donors (Lipinski definition) is 3. The van der Waals surface area contributed by atoms with Gasteiger partial charge in [-0.2, -0.15) is 0 Å². The summed E-state index contributed by atoms with van der Waals surface area (Å²) in [4.78, 5) is 22.9. The van der Waals surface area contributed by atoms with Gasteiger partial charge in [-0.3, -0.25) is 9.59 Å². The summed E-state index contributed by atoms with van der Waals surface area (Å²) in [6.07, 6.45) is 1.23. The average molecular weight is 243 g/mol. The Bertz CT molecular complexity index is 266. The van der Waals surface area contributed by atoms with E-state index in [9.17, 15) is 9.59 Å². The van der Waals surface area contributed by atoms with Crippen molar-refractivity contribution in [3.8, 4) is 0 Å². The van der Waals surface area contributed by atoms with Crippen LogP contribution in [-0.4, -0.2) is 30.4 Å². The molecule has 1 atom stereocenters. The van der Waals surface area contributed by atoms with Gasteiger partial charge in [-0.15, -0.1) is 0 Å². The molecule has 0 rings (SSSR count). The van der Waals surface area contributed by atoms with Crippen LogP contribution in [0.5, 0.6) is 0 Å². The Labute approximate surface area is 104 Å². The summed E-state index contributed by atoms with van der Waals surface area (Å²) in [7, 11) is 0. The van der Waals surface area contributed by atoms with E-state index in [4.69, 9.17) is 5.73 Å². The highest BCUT2D eigenvalue weighted by Gasteiger charge is 2.28. The number of carbonyl (C=O) groups is 2. The molecule has 5 heteroatoms. The second kappa shape index (κ2) is 7.27. The first-order valence-electron chi connectivity index (χ1n) is 6.13. The van der Waals surface area contributed by atoms with Crippen LogP contribution in [0.1, 0.15) is 40.5 Å². The zero-order valence-electron chi connectivity index (χ0n) is 11.3. The molecule has 1 unspecified atom stereocenters. The predicted octanol–water partition coefficient (Wildman–Crippen LogP) is 0.392. The Morgan fingerprint density at radius 1 is 1.29 bits per heavy atom. The molecule has 17 heavy (non-hydrogen) atoms. The largest absolute Gasteiger partial charge is 0.348 e. The van der Waals surface area contributed by atoms with Gasteiger partial charge in [-0.05, 0) is 19.3 Å². The minimum absolute atomic E-state index is 0.0150. The Morgan fingerprint density at radius 2 is 1.88 bits per heavy atom. The van der Waals surface area contributed by atoms with Crippen LogP contribution in [0.2, 0.25) is 0 Å². The van der Waals surface area contributed by atoms with Crippen LogP contribution in [0.4, 0.5) is 0 Å². The third-order valence-corrected chi connectivity index (χ3v) is 3.05. The Morgan fingerprint density at radius 3 is 2.29 bits per heavy atom. The van der Waals surface area contributed by atoms with Crippen LogP contribution in [0, 0.1) is 5.92 Å². The predicted molar refractivity (Wildman–Crippen MR) is 68.4 cm³/mol. The maximum atomic E-state index is 11.6. The third-order valence-electron chi connectivity index (χ3n) is 3.05. The maximum Gasteiger partial charge on any atom is 0.239 e. The molecule has 2 amide bonds. The van der Waals surface area contributed by atoms with Crippen LogP contribution in [0.3, 0.4) is 0 Å². The second-order valence-electron chi connectivity index (χ2n) is 4.85. The van der Waals surface area contributed by atoms with E-state index in [0.717, 1.165) is 6.42 Å². The van der Waals surface area contributed by atoms with E-state index in [2.05, 4.69) is 10.6 Å². The lowest BCUT2D eigenvalue weighted by Gasteiger charge is -2.33. The monoisotopic (exact) mass is 243 g/mol. The van der Waals surface area contributed by atoms with Gasteiger partial charge in [-0.25, -0.2) is 0 Å². The quantitative estimate of drug-likeness (QED) is 0.605. The highest BCUT2D eigenvalue weighted by atomic mass is 16.2. The van der Waals surface area contributed by atoms with Gasteiger partial charge >= 0.3 is 0 Å². The molecule has 5 nitrogen and oxygen atoms in total. The summed E-state index contributed by atoms with van der Waals surface area (Å²) in [5, 5.41) is 5.44. The van der Waals surface area contributed by atoms with E-state index in [1.807, 2.05) is 27.7 Å². The van der Waals surface area contributed by atoms with Crippen molar-refractivity contribution in [1.82, 2.24) is 10.6 Å². The first kappa shape index (κ1) is 15.9. The lowest BCUT2D eigenvalue weighted by molar-refractivity contribution is -0.127. The normalized spacial score (nSPS) is 14.2. The Kier molecular flexibility index (Phi) is 6.80. The van der Waals surface area contributed by atoms with Gasteiger partial charge in [-0.1, -0.05) is 20.8 Å². The summed E-state index contributed by atoms with van der Waals surface area (Å²) < 4.78 is 0. The minimum Gasteiger partial charge on any atom is -0.348 e. The van der Waals surface area contributed by atoms with Crippen LogP contribution >= 0.6 is 0 Å². The Balaban J connectivity index is 4.13. The highest BCUT2D eigenvalue weighted by Crippen LogP contribution is 2.14. The van der Waals surface area contributed by atoms with E-state index in [0.29, 0.717) is 13.0 Å². The molecule has 0 saturated carbocycles. The topological polar surface area (TPSA) is 84.2 Å². The van der Waals surface area contributed by atoms with Crippen LogP contribution in [0.15, 0.2) is 0 Å². The molecule has 0 aromatic carbocycles. The smallest absolute Gasteiger partial charge is 0.239 e. The van der Waals surface area contributed by atoms with E-state index < -0.39 is 5.54 Å². The van der Waals surface area contributed by atoms with Crippen molar-refractivity contribution in [2.24, 2.45) is 11.7 Å². The average Bonchev–Trinajstić information content (AvgIpc) is 2.26. The molecule has 0 bridgehead atoms. The fourth-order valence-electron chi connectivity index (χ4n) is 1.29. The molecule has 0 fully saturated rings. The molecule has 0 aromatic rings. The molecular formula is C12H25N3O2. The van der Waals surface area contributed by atoms with E-state index in [-0.39, 0.29) is 24.3 Å². The minimum atomic E-state index is -0.424. The van der Waals surface area contributed by atoms with Crippen molar-refractivity contribution in [3.05, 3.63) is 0 Å². The van der Waals surface area contributed by atoms with Crippen LogP contribution in [-0.2, 0) is 9.59 Å². The SMILES string of the molecule is CCCC(=O)NCC(=O)NC(C)(CN)C(C)C. The van der Waals surface area contributed by atoms with Gasteiger partial charge in [0.1, 0.15) is 0 Å². The van der Waals surface area contributed by atoms with Crippen molar-refractivity contribution in [2.75, 3.05) is 13.1 Å². The number of nitrogens with one attached hydrogen (secondary N) is 2. The number of hydrogen-bond acceptors (Lipinski definition) is 3. The number of nitrogens with two attached hydrogens (primary N) is 1. The molecule has 0 aromatic heterocycles. The van der Waals surface area contributed by atoms with Crippen LogP contribution < -0.4 is 16.4 Å². The summed E-state index contributed by atoms with van der Waals surface area (Å²) in [6.45, 7) is 8.22. The molecule has 0 heterocycles. The van der Waals surface area contributed by atoms with Gasteiger partial charge in [0.15, 0.2) is 0 Å². The molecule has 0 spiro atoms. The lowest BCUT2D eigenvalue weighted by Crippen LogP contribution is -2.56. The van der Waals surface area contributed by atoms with Gasteiger partial charge in [0.05, 0.1) is 12.1 Å². The molecule has 0 radical (unpaired) electrons. The van der Waals surface area contributed by atoms with Crippen molar-refractivity contribution in [1.29, 1.82) is 0 Å². The number of amides is 2. The fraction of sp³-hybridized carbons (Fsp3) is 0.833. The summed E-state index contributed by atoms with van der Waals surface area (Å²) in [5.74, 6) is -0.0551. The Hall–Kier alpha value is -1.10. The van der Waals surface area contributed by atoms with Gasteiger partial charge in [0, 0.05) is 13.0 Å². The molecule has 0 aliphatic rings. The first-order chi connectivity index (χ1) is 7.85. The zero-order valence-corrected chi connectivity index (χ0v) is 11.3. The zero-order chi connectivity index (χ0) is 13.5. The lowest BCUT2D eigenvalue weighted by atomic mass is 9.88. The number of rotatable bonds is 7. The maximum absolute atomic E-state index is 11.6. The number of carbonyl (C=O) groups excluding carboxylic acids is 2. The molecular weight excluding hydrogens is 218 g/mol. The van der Waals surface area contributed by atoms with Crippen molar-refractivity contribution in [2.45, 2.75) is 46.1 Å². The molecule has 0 aliphatic carbocycles. The highest BCUT2D eigenvalue weighted by molar-refractivity contribution is 5.85. The standard InChI is InChI=1S/C12H25N3O2/c1-5-6-10(16)14-7-11(17)15-12(4,8-13)9(2)3/h9H,5-8,13H2,1-4H3,(H,14,16)(H,15,17). The molecule has 100 valence electrons. The summed E-state index contributed by atoms with van der Waals surface area (Å²) >= 11 is 0. The molecule has 0 saturated heterocycles. The van der Waals surface area contributed by atoms with E-state index >= 15 is 0 Å². The van der Waals surface area contributed by atoms with Crippen LogP contribution in [0.25, 0.3) is 0 Å².